The van der Waals surface area contributed by atoms with E-state index in [0.29, 0.717) is 9.34 Å². The van der Waals surface area contributed by atoms with Crippen molar-refractivity contribution in [3.63, 3.8) is 0 Å². The van der Waals surface area contributed by atoms with Gasteiger partial charge in [-0.1, -0.05) is 23.5 Å². The summed E-state index contributed by atoms with van der Waals surface area (Å²) in [7, 11) is -1.14. The zero-order valence-corrected chi connectivity index (χ0v) is 12.9. The van der Waals surface area contributed by atoms with Crippen molar-refractivity contribution >= 4 is 39.1 Å². The fourth-order valence-corrected chi connectivity index (χ4v) is 2.97. The first kappa shape index (κ1) is 15.3. The summed E-state index contributed by atoms with van der Waals surface area (Å²) < 4.78 is 16.9. The third-order valence-corrected chi connectivity index (χ3v) is 4.71. The van der Waals surface area contributed by atoms with E-state index < -0.39 is 22.7 Å². The van der Waals surface area contributed by atoms with E-state index in [9.17, 15) is 13.8 Å². The summed E-state index contributed by atoms with van der Waals surface area (Å²) in [5, 5.41) is 2.93. The van der Waals surface area contributed by atoms with Gasteiger partial charge in [0, 0.05) is 13.2 Å². The van der Waals surface area contributed by atoms with E-state index in [-0.39, 0.29) is 11.3 Å². The molecule has 1 aromatic carbocycles. The zero-order valence-electron chi connectivity index (χ0n) is 11.3. The molecule has 6 nitrogen and oxygen atoms in total. The molecule has 1 amide bonds. The molecule has 8 heteroatoms. The number of hydrogen-bond acceptors (Lipinski definition) is 6. The van der Waals surface area contributed by atoms with E-state index in [1.54, 1.807) is 18.2 Å². The molecule has 0 aliphatic carbocycles. The normalized spacial score (nSPS) is 11.7. The van der Waals surface area contributed by atoms with E-state index in [0.717, 1.165) is 11.3 Å². The van der Waals surface area contributed by atoms with Gasteiger partial charge in [0.05, 0.1) is 22.6 Å². The van der Waals surface area contributed by atoms with Gasteiger partial charge in [0.1, 0.15) is 9.96 Å². The Morgan fingerprint density at radius 3 is 2.67 bits per heavy atom. The van der Waals surface area contributed by atoms with E-state index in [2.05, 4.69) is 10.3 Å². The van der Waals surface area contributed by atoms with Gasteiger partial charge < -0.3 is 4.74 Å². The van der Waals surface area contributed by atoms with Gasteiger partial charge in [-0.2, -0.15) is 0 Å². The molecule has 1 atom stereocenters. The zero-order chi connectivity index (χ0) is 15.4. The maximum atomic E-state index is 12.2. The Hall–Kier alpha value is -2.06. The minimum Gasteiger partial charge on any atom is -0.426 e. The van der Waals surface area contributed by atoms with Gasteiger partial charge in [0.25, 0.3) is 5.91 Å². The molecule has 0 spiro atoms. The lowest BCUT2D eigenvalue weighted by Crippen LogP contribution is -2.14. The van der Waals surface area contributed by atoms with Crippen LogP contribution in [0.3, 0.4) is 0 Å². The van der Waals surface area contributed by atoms with Crippen molar-refractivity contribution in [2.45, 2.75) is 11.1 Å². The highest BCUT2D eigenvalue weighted by Crippen LogP contribution is 2.23. The summed E-state index contributed by atoms with van der Waals surface area (Å²) in [6.45, 7) is 1.26. The molecule has 0 radical (unpaired) electrons. The van der Waals surface area contributed by atoms with Gasteiger partial charge in [0.15, 0.2) is 5.13 Å². The number of aromatic nitrogens is 1. The molecule has 0 bridgehead atoms. The second kappa shape index (κ2) is 6.59. The van der Waals surface area contributed by atoms with Crippen LogP contribution < -0.4 is 10.1 Å². The third-order valence-electron chi connectivity index (χ3n) is 2.37. The average Bonchev–Trinajstić information content (AvgIpc) is 2.87. The summed E-state index contributed by atoms with van der Waals surface area (Å²) in [6, 6.07) is 6.40. The van der Waals surface area contributed by atoms with E-state index in [1.165, 1.54) is 25.4 Å². The number of amides is 1. The highest BCUT2D eigenvalue weighted by atomic mass is 32.2. The van der Waals surface area contributed by atoms with Crippen LogP contribution in [-0.4, -0.2) is 27.3 Å². The van der Waals surface area contributed by atoms with Crippen LogP contribution in [-0.2, 0) is 15.6 Å². The molecule has 0 saturated carbocycles. The minimum atomic E-state index is -1.14. The van der Waals surface area contributed by atoms with Crippen LogP contribution in [0.25, 0.3) is 0 Å². The first-order valence-electron chi connectivity index (χ1n) is 5.85. The highest BCUT2D eigenvalue weighted by molar-refractivity contribution is 7.86. The number of esters is 1. The molecule has 1 aromatic heterocycles. The Morgan fingerprint density at radius 1 is 1.33 bits per heavy atom. The Morgan fingerprint density at radius 2 is 2.05 bits per heavy atom. The largest absolute Gasteiger partial charge is 0.426 e. The lowest BCUT2D eigenvalue weighted by Gasteiger charge is -2.07. The molecule has 0 aliphatic rings. The molecule has 2 aromatic rings. The van der Waals surface area contributed by atoms with Crippen molar-refractivity contribution in [3.05, 3.63) is 36.0 Å². The molecular formula is C13H12N2O4S2. The number of ether oxygens (including phenoxy) is 1. The molecular weight excluding hydrogens is 312 g/mol. The van der Waals surface area contributed by atoms with Crippen LogP contribution in [0.4, 0.5) is 5.13 Å². The SMILES string of the molecule is CC(=O)Oc1ccccc1C(=O)Nc1ncc(S(C)=O)s1. The second-order valence-corrected chi connectivity index (χ2v) is 6.62. The van der Waals surface area contributed by atoms with Gasteiger partial charge in [0.2, 0.25) is 0 Å². The number of hydrogen-bond donors (Lipinski definition) is 1. The van der Waals surface area contributed by atoms with E-state index >= 15 is 0 Å². The summed E-state index contributed by atoms with van der Waals surface area (Å²) >= 11 is 1.13. The van der Waals surface area contributed by atoms with Crippen molar-refractivity contribution in [3.8, 4) is 5.75 Å². The number of nitrogens with one attached hydrogen (secondary N) is 1. The van der Waals surface area contributed by atoms with Crippen LogP contribution in [0.1, 0.15) is 17.3 Å². The van der Waals surface area contributed by atoms with Crippen molar-refractivity contribution in [1.82, 2.24) is 4.98 Å². The lowest BCUT2D eigenvalue weighted by atomic mass is 10.2. The van der Waals surface area contributed by atoms with Gasteiger partial charge >= 0.3 is 5.97 Å². The van der Waals surface area contributed by atoms with Crippen molar-refractivity contribution in [1.29, 1.82) is 0 Å². The summed E-state index contributed by atoms with van der Waals surface area (Å²) in [5.74, 6) is -0.777. The average molecular weight is 324 g/mol. The Labute approximate surface area is 127 Å². The fourth-order valence-electron chi connectivity index (χ4n) is 1.51. The van der Waals surface area contributed by atoms with Crippen LogP contribution in [0.2, 0.25) is 0 Å². The van der Waals surface area contributed by atoms with Crippen LogP contribution in [0, 0.1) is 0 Å². The summed E-state index contributed by atoms with van der Waals surface area (Å²) in [6.07, 6.45) is 2.99. The molecule has 110 valence electrons. The maximum Gasteiger partial charge on any atom is 0.308 e. The Balaban J connectivity index is 2.19. The monoisotopic (exact) mass is 324 g/mol. The number of carbonyl (C=O) groups is 2. The molecule has 21 heavy (non-hydrogen) atoms. The number of anilines is 1. The molecule has 0 aliphatic heterocycles. The first-order chi connectivity index (χ1) is 9.97. The number of carbonyl (C=O) groups excluding carboxylic acids is 2. The molecule has 1 N–H and O–H groups in total. The van der Waals surface area contributed by atoms with Crippen LogP contribution in [0.5, 0.6) is 5.75 Å². The number of para-hydroxylation sites is 1. The number of nitrogens with zero attached hydrogens (tertiary/aromatic N) is 1. The third kappa shape index (κ3) is 3.96. The molecule has 1 heterocycles. The quantitative estimate of drug-likeness (QED) is 0.687. The van der Waals surface area contributed by atoms with E-state index in [4.69, 9.17) is 4.74 Å². The van der Waals surface area contributed by atoms with Gasteiger partial charge in [-0.05, 0) is 12.1 Å². The van der Waals surface area contributed by atoms with Crippen molar-refractivity contribution in [2.75, 3.05) is 11.6 Å². The Bertz CT molecular complexity index is 712. The predicted octanol–water partition coefficient (Wildman–Crippen LogP) is 2.06. The number of benzene rings is 1. The lowest BCUT2D eigenvalue weighted by molar-refractivity contribution is -0.131. The molecule has 0 saturated heterocycles. The molecule has 0 fully saturated rings. The fraction of sp³-hybridized carbons (Fsp3) is 0.154. The van der Waals surface area contributed by atoms with Crippen molar-refractivity contribution in [2.24, 2.45) is 0 Å². The standard InChI is InChI=1S/C13H12N2O4S2/c1-8(16)19-10-6-4-3-5-9(10)12(17)15-13-14-7-11(20-13)21(2)18/h3-7H,1-2H3,(H,14,15,17). The van der Waals surface area contributed by atoms with E-state index in [1.807, 2.05) is 0 Å². The first-order valence-corrected chi connectivity index (χ1v) is 8.23. The van der Waals surface area contributed by atoms with Gasteiger partial charge in [-0.3, -0.25) is 19.1 Å². The van der Waals surface area contributed by atoms with Crippen molar-refractivity contribution < 1.29 is 18.5 Å². The molecule has 2 rings (SSSR count). The summed E-state index contributed by atoms with van der Waals surface area (Å²) in [4.78, 5) is 27.2. The van der Waals surface area contributed by atoms with Gasteiger partial charge in [-0.15, -0.1) is 0 Å². The number of rotatable bonds is 4. The topological polar surface area (TPSA) is 85.4 Å². The molecule has 1 unspecified atom stereocenters. The summed E-state index contributed by atoms with van der Waals surface area (Å²) in [5.41, 5.74) is 0.224. The van der Waals surface area contributed by atoms with Gasteiger partial charge in [-0.25, -0.2) is 4.98 Å². The second-order valence-electron chi connectivity index (χ2n) is 3.98. The maximum absolute atomic E-state index is 12.2. The smallest absolute Gasteiger partial charge is 0.308 e. The predicted molar refractivity (Wildman–Crippen MR) is 80.2 cm³/mol. The Kier molecular flexibility index (Phi) is 4.81. The van der Waals surface area contributed by atoms with Crippen LogP contribution in [0.15, 0.2) is 34.7 Å². The number of thiazole rings is 1. The minimum absolute atomic E-state index is 0.179. The highest BCUT2D eigenvalue weighted by Gasteiger charge is 2.15. The van der Waals surface area contributed by atoms with Crippen LogP contribution >= 0.6 is 11.3 Å².